The zero-order valence-electron chi connectivity index (χ0n) is 19.0. The normalized spacial score (nSPS) is 11.2. The third kappa shape index (κ3) is 6.67. The molecule has 0 heterocycles. The summed E-state index contributed by atoms with van der Waals surface area (Å²) in [6.45, 7) is 5.25. The molecule has 0 saturated heterocycles. The van der Waals surface area contributed by atoms with E-state index in [2.05, 4.69) is 16.0 Å². The van der Waals surface area contributed by atoms with Gasteiger partial charge in [0.05, 0.1) is 6.54 Å². The van der Waals surface area contributed by atoms with Crippen LogP contribution in [0.3, 0.4) is 0 Å². The number of amides is 4. The van der Waals surface area contributed by atoms with Gasteiger partial charge in [0, 0.05) is 17.1 Å². The minimum atomic E-state index is -0.804. The molecule has 7 nitrogen and oxygen atoms in total. The summed E-state index contributed by atoms with van der Waals surface area (Å²) in [6, 6.07) is 22.4. The van der Waals surface area contributed by atoms with Gasteiger partial charge in [0.15, 0.2) is 0 Å². The minimum absolute atomic E-state index is 0.269. The van der Waals surface area contributed by atoms with E-state index in [4.69, 9.17) is 0 Å². The maximum Gasteiger partial charge on any atom is 0.319 e. The molecule has 3 N–H and O–H groups in total. The molecule has 33 heavy (non-hydrogen) atoms. The molecule has 0 saturated carbocycles. The fourth-order valence-corrected chi connectivity index (χ4v) is 3.40. The van der Waals surface area contributed by atoms with Crippen LogP contribution < -0.4 is 20.9 Å². The molecule has 0 bridgehead atoms. The number of carbonyl (C=O) groups excluding carboxylic acids is 3. The van der Waals surface area contributed by atoms with Crippen LogP contribution >= 0.6 is 0 Å². The van der Waals surface area contributed by atoms with Gasteiger partial charge in [-0.1, -0.05) is 42.5 Å². The van der Waals surface area contributed by atoms with Crippen molar-refractivity contribution in [2.75, 3.05) is 22.1 Å². The molecule has 7 heteroatoms. The molecule has 0 aliphatic heterocycles. The van der Waals surface area contributed by atoms with Gasteiger partial charge in [0.1, 0.15) is 6.04 Å². The number of benzene rings is 3. The Hall–Kier alpha value is -4.13. The van der Waals surface area contributed by atoms with Gasteiger partial charge in [-0.2, -0.15) is 0 Å². The summed E-state index contributed by atoms with van der Waals surface area (Å²) in [5, 5.41) is 8.14. The zero-order chi connectivity index (χ0) is 23.8. The Morgan fingerprint density at radius 3 is 1.94 bits per heavy atom. The van der Waals surface area contributed by atoms with E-state index < -0.39 is 18.0 Å². The first-order chi connectivity index (χ1) is 15.8. The van der Waals surface area contributed by atoms with Crippen molar-refractivity contribution in [3.8, 4) is 0 Å². The number of hydrogen-bond acceptors (Lipinski definition) is 3. The van der Waals surface area contributed by atoms with Crippen molar-refractivity contribution >= 4 is 34.9 Å². The Balaban J connectivity index is 1.69. The van der Waals surface area contributed by atoms with Gasteiger partial charge >= 0.3 is 6.03 Å². The number of aryl methyl sites for hydroxylation is 2. The van der Waals surface area contributed by atoms with Gasteiger partial charge < -0.3 is 16.0 Å². The summed E-state index contributed by atoms with van der Waals surface area (Å²) >= 11 is 0. The lowest BCUT2D eigenvalue weighted by atomic mass is 10.1. The van der Waals surface area contributed by atoms with E-state index in [1.807, 2.05) is 56.3 Å². The van der Waals surface area contributed by atoms with E-state index in [1.54, 1.807) is 43.3 Å². The predicted molar refractivity (Wildman–Crippen MR) is 131 cm³/mol. The lowest BCUT2D eigenvalue weighted by Crippen LogP contribution is -2.50. The molecular weight excluding hydrogens is 416 g/mol. The van der Waals surface area contributed by atoms with Crippen LogP contribution in [0.5, 0.6) is 0 Å². The Morgan fingerprint density at radius 1 is 0.788 bits per heavy atom. The van der Waals surface area contributed by atoms with Crippen LogP contribution in [0.1, 0.15) is 18.1 Å². The van der Waals surface area contributed by atoms with Crippen molar-refractivity contribution in [2.45, 2.75) is 26.8 Å². The number of nitrogens with one attached hydrogen (secondary N) is 3. The molecule has 1 atom stereocenters. The minimum Gasteiger partial charge on any atom is -0.329 e. The van der Waals surface area contributed by atoms with Gasteiger partial charge in [0.25, 0.3) is 0 Å². The van der Waals surface area contributed by atoms with Crippen molar-refractivity contribution in [1.82, 2.24) is 5.32 Å². The maximum absolute atomic E-state index is 13.1. The van der Waals surface area contributed by atoms with Crippen LogP contribution in [-0.2, 0) is 9.59 Å². The summed E-state index contributed by atoms with van der Waals surface area (Å²) in [6.07, 6.45) is 0. The third-order valence-corrected chi connectivity index (χ3v) is 5.03. The van der Waals surface area contributed by atoms with E-state index in [1.165, 1.54) is 4.90 Å². The van der Waals surface area contributed by atoms with Crippen molar-refractivity contribution in [3.05, 3.63) is 90.0 Å². The second-order valence-electron chi connectivity index (χ2n) is 7.81. The van der Waals surface area contributed by atoms with Crippen LogP contribution in [0.2, 0.25) is 0 Å². The lowest BCUT2D eigenvalue weighted by Gasteiger charge is -2.29. The average Bonchev–Trinajstić information content (AvgIpc) is 2.78. The molecular formula is C26H28N4O3. The second-order valence-corrected chi connectivity index (χ2v) is 7.81. The highest BCUT2D eigenvalue weighted by Crippen LogP contribution is 2.19. The third-order valence-electron chi connectivity index (χ3n) is 5.03. The Labute approximate surface area is 193 Å². The van der Waals surface area contributed by atoms with Crippen molar-refractivity contribution in [1.29, 1.82) is 0 Å². The van der Waals surface area contributed by atoms with E-state index in [9.17, 15) is 14.4 Å². The molecule has 3 aromatic rings. The van der Waals surface area contributed by atoms with E-state index >= 15 is 0 Å². The molecule has 0 aliphatic rings. The Morgan fingerprint density at radius 2 is 1.36 bits per heavy atom. The van der Waals surface area contributed by atoms with E-state index in [0.717, 1.165) is 11.1 Å². The SMILES string of the molecule is Cc1cccc(NC(=O)NCC(=O)N(c2ccccc2)C(C)C(=O)Nc2cccc(C)c2)c1. The van der Waals surface area contributed by atoms with Gasteiger partial charge in [-0.15, -0.1) is 0 Å². The van der Waals surface area contributed by atoms with E-state index in [0.29, 0.717) is 17.1 Å². The number of para-hydroxylation sites is 1. The first-order valence-corrected chi connectivity index (χ1v) is 10.7. The zero-order valence-corrected chi connectivity index (χ0v) is 19.0. The summed E-state index contributed by atoms with van der Waals surface area (Å²) in [5.41, 5.74) is 3.87. The molecule has 3 rings (SSSR count). The highest BCUT2D eigenvalue weighted by molar-refractivity contribution is 6.06. The average molecular weight is 445 g/mol. The number of anilines is 3. The first kappa shape index (κ1) is 23.5. The fourth-order valence-electron chi connectivity index (χ4n) is 3.40. The van der Waals surface area contributed by atoms with Crippen LogP contribution in [0.15, 0.2) is 78.9 Å². The molecule has 0 spiro atoms. The number of nitrogens with zero attached hydrogens (tertiary/aromatic N) is 1. The smallest absolute Gasteiger partial charge is 0.319 e. The molecule has 170 valence electrons. The molecule has 1 unspecified atom stereocenters. The molecule has 0 fully saturated rings. The van der Waals surface area contributed by atoms with Gasteiger partial charge in [-0.05, 0) is 68.3 Å². The topological polar surface area (TPSA) is 90.5 Å². The van der Waals surface area contributed by atoms with Crippen LogP contribution in [-0.4, -0.2) is 30.4 Å². The van der Waals surface area contributed by atoms with E-state index in [-0.39, 0.29) is 12.5 Å². The van der Waals surface area contributed by atoms with Gasteiger partial charge in [-0.25, -0.2) is 4.79 Å². The molecule has 4 amide bonds. The largest absolute Gasteiger partial charge is 0.329 e. The summed E-state index contributed by atoms with van der Waals surface area (Å²) in [4.78, 5) is 39.7. The van der Waals surface area contributed by atoms with Gasteiger partial charge in [0.2, 0.25) is 11.8 Å². The Kier molecular flexibility index (Phi) is 7.81. The highest BCUT2D eigenvalue weighted by Gasteiger charge is 2.27. The number of urea groups is 1. The maximum atomic E-state index is 13.1. The molecule has 0 aliphatic carbocycles. The number of rotatable bonds is 7. The predicted octanol–water partition coefficient (Wildman–Crippen LogP) is 4.49. The number of carbonyl (C=O) groups is 3. The Bertz CT molecular complexity index is 1130. The summed E-state index contributed by atoms with van der Waals surface area (Å²) in [5.74, 6) is -0.741. The lowest BCUT2D eigenvalue weighted by molar-refractivity contribution is -0.122. The highest BCUT2D eigenvalue weighted by atomic mass is 16.2. The van der Waals surface area contributed by atoms with Crippen molar-refractivity contribution < 1.29 is 14.4 Å². The molecule has 0 radical (unpaired) electrons. The number of hydrogen-bond donors (Lipinski definition) is 3. The van der Waals surface area contributed by atoms with Gasteiger partial charge in [-0.3, -0.25) is 14.5 Å². The standard InChI is InChI=1S/C26H28N4O3/c1-18-9-7-11-21(15-18)28-25(32)20(3)30(23-13-5-4-6-14-23)24(31)17-27-26(33)29-22-12-8-10-19(2)16-22/h4-16,20H,17H2,1-3H3,(H,28,32)(H2,27,29,33). The molecule has 0 aromatic heterocycles. The molecule has 3 aromatic carbocycles. The van der Waals surface area contributed by atoms with Crippen molar-refractivity contribution in [2.24, 2.45) is 0 Å². The summed E-state index contributed by atoms with van der Waals surface area (Å²) < 4.78 is 0. The van der Waals surface area contributed by atoms with Crippen LogP contribution in [0.25, 0.3) is 0 Å². The van der Waals surface area contributed by atoms with Crippen molar-refractivity contribution in [3.63, 3.8) is 0 Å². The fraction of sp³-hybridized carbons (Fsp3) is 0.192. The summed E-state index contributed by atoms with van der Waals surface area (Å²) in [7, 11) is 0. The van der Waals surface area contributed by atoms with Crippen LogP contribution in [0, 0.1) is 13.8 Å². The first-order valence-electron chi connectivity index (χ1n) is 10.7. The monoisotopic (exact) mass is 444 g/mol. The second kappa shape index (κ2) is 10.9. The van der Waals surface area contributed by atoms with Crippen LogP contribution in [0.4, 0.5) is 21.9 Å². The quantitative estimate of drug-likeness (QED) is 0.502.